The quantitative estimate of drug-likeness (QED) is 0.866. The summed E-state index contributed by atoms with van der Waals surface area (Å²) in [6.07, 6.45) is 0.939. The second-order valence-corrected chi connectivity index (χ2v) is 4.54. The van der Waals surface area contributed by atoms with E-state index in [2.05, 4.69) is 11.0 Å². The lowest BCUT2D eigenvalue weighted by atomic mass is 10.1. The van der Waals surface area contributed by atoms with Gasteiger partial charge in [0.25, 0.3) is 0 Å². The van der Waals surface area contributed by atoms with Crippen molar-refractivity contribution in [3.05, 3.63) is 18.2 Å². The molecule has 0 amide bonds. The van der Waals surface area contributed by atoms with E-state index >= 15 is 0 Å². The van der Waals surface area contributed by atoms with E-state index in [1.54, 1.807) is 0 Å². The molecule has 1 fully saturated rings. The molecule has 0 spiro atoms. The lowest BCUT2D eigenvalue weighted by Gasteiger charge is -2.37. The minimum Gasteiger partial charge on any atom is -0.454 e. The van der Waals surface area contributed by atoms with Gasteiger partial charge in [-0.1, -0.05) is 0 Å². The first-order valence-corrected chi connectivity index (χ1v) is 6.32. The van der Waals surface area contributed by atoms with Crippen LogP contribution in [-0.2, 0) is 4.74 Å². The van der Waals surface area contributed by atoms with Gasteiger partial charge in [-0.05, 0) is 25.1 Å². The van der Waals surface area contributed by atoms with Gasteiger partial charge in [-0.3, -0.25) is 0 Å². The highest BCUT2D eigenvalue weighted by Crippen LogP contribution is 2.36. The molecule has 1 aromatic rings. The Morgan fingerprint density at radius 2 is 2.17 bits per heavy atom. The Morgan fingerprint density at radius 3 is 3.06 bits per heavy atom. The van der Waals surface area contributed by atoms with Crippen molar-refractivity contribution in [3.63, 3.8) is 0 Å². The first-order chi connectivity index (χ1) is 8.88. The molecule has 0 saturated carbocycles. The molecule has 3 rings (SSSR count). The number of fused-ring (bicyclic) bond motifs is 1. The van der Waals surface area contributed by atoms with Gasteiger partial charge in [0.05, 0.1) is 19.3 Å². The molecule has 1 saturated heterocycles. The molecular formula is C13H18N2O3. The van der Waals surface area contributed by atoms with Crippen LogP contribution in [0.15, 0.2) is 18.2 Å². The van der Waals surface area contributed by atoms with Crippen molar-refractivity contribution >= 4 is 5.69 Å². The first-order valence-electron chi connectivity index (χ1n) is 6.32. The van der Waals surface area contributed by atoms with E-state index in [0.29, 0.717) is 19.4 Å². The summed E-state index contributed by atoms with van der Waals surface area (Å²) in [6.45, 7) is 3.38. The summed E-state index contributed by atoms with van der Waals surface area (Å²) in [4.78, 5) is 2.35. The van der Waals surface area contributed by atoms with Crippen LogP contribution in [0.1, 0.15) is 6.42 Å². The fourth-order valence-electron chi connectivity index (χ4n) is 2.49. The van der Waals surface area contributed by atoms with Gasteiger partial charge < -0.3 is 24.8 Å². The summed E-state index contributed by atoms with van der Waals surface area (Å²) in [5.41, 5.74) is 6.82. The molecular weight excluding hydrogens is 232 g/mol. The Hall–Kier alpha value is -1.46. The predicted molar refractivity (Wildman–Crippen MR) is 68.2 cm³/mol. The zero-order valence-electron chi connectivity index (χ0n) is 10.3. The number of nitrogens with two attached hydrogens (primary N) is 1. The summed E-state index contributed by atoms with van der Waals surface area (Å²) in [6, 6.07) is 6.43. The van der Waals surface area contributed by atoms with Crippen LogP contribution in [-0.4, -0.2) is 39.1 Å². The smallest absolute Gasteiger partial charge is 0.231 e. The van der Waals surface area contributed by atoms with E-state index in [4.69, 9.17) is 19.9 Å². The first kappa shape index (κ1) is 11.6. The molecule has 5 heteroatoms. The largest absolute Gasteiger partial charge is 0.454 e. The number of morpholine rings is 1. The van der Waals surface area contributed by atoms with E-state index in [9.17, 15) is 0 Å². The Balaban J connectivity index is 1.83. The SMILES string of the molecule is NCCC1COCCN1c1ccc2c(c1)OCO2. The topological polar surface area (TPSA) is 57.0 Å². The zero-order valence-corrected chi connectivity index (χ0v) is 10.3. The number of hydrogen-bond acceptors (Lipinski definition) is 5. The lowest BCUT2D eigenvalue weighted by Crippen LogP contribution is -2.46. The Morgan fingerprint density at radius 1 is 1.28 bits per heavy atom. The van der Waals surface area contributed by atoms with Crippen LogP contribution in [0.5, 0.6) is 11.5 Å². The van der Waals surface area contributed by atoms with Crippen LogP contribution in [0, 0.1) is 0 Å². The van der Waals surface area contributed by atoms with E-state index in [1.165, 1.54) is 0 Å². The Bertz CT molecular complexity index is 423. The number of anilines is 1. The van der Waals surface area contributed by atoms with E-state index in [-0.39, 0.29) is 0 Å². The standard InChI is InChI=1S/C13H18N2O3/c14-4-3-11-8-16-6-5-15(11)10-1-2-12-13(7-10)18-9-17-12/h1-2,7,11H,3-6,8-9,14H2. The molecule has 2 aliphatic rings. The number of rotatable bonds is 3. The van der Waals surface area contributed by atoms with Gasteiger partial charge in [0.2, 0.25) is 6.79 Å². The molecule has 0 radical (unpaired) electrons. The second kappa shape index (κ2) is 5.04. The fraction of sp³-hybridized carbons (Fsp3) is 0.538. The third-order valence-corrected chi connectivity index (χ3v) is 3.42. The molecule has 98 valence electrons. The fourth-order valence-corrected chi connectivity index (χ4v) is 2.49. The van der Waals surface area contributed by atoms with Crippen molar-refractivity contribution < 1.29 is 14.2 Å². The van der Waals surface area contributed by atoms with E-state index in [0.717, 1.165) is 43.4 Å². The van der Waals surface area contributed by atoms with Crippen LogP contribution in [0.25, 0.3) is 0 Å². The summed E-state index contributed by atoms with van der Waals surface area (Å²) in [5, 5.41) is 0. The Kier molecular flexibility index (Phi) is 3.25. The molecule has 18 heavy (non-hydrogen) atoms. The van der Waals surface area contributed by atoms with Crippen molar-refractivity contribution in [2.24, 2.45) is 5.73 Å². The molecule has 1 atom stereocenters. The van der Waals surface area contributed by atoms with Gasteiger partial charge in [0.1, 0.15) is 0 Å². The molecule has 2 heterocycles. The van der Waals surface area contributed by atoms with Gasteiger partial charge in [0, 0.05) is 18.3 Å². The van der Waals surface area contributed by atoms with Gasteiger partial charge in [-0.25, -0.2) is 0 Å². The van der Waals surface area contributed by atoms with Crippen LogP contribution in [0.3, 0.4) is 0 Å². The molecule has 2 aliphatic heterocycles. The summed E-state index contributed by atoms with van der Waals surface area (Å²) in [7, 11) is 0. The zero-order chi connectivity index (χ0) is 12.4. The molecule has 2 N–H and O–H groups in total. The third-order valence-electron chi connectivity index (χ3n) is 3.42. The molecule has 0 aliphatic carbocycles. The molecule has 0 aromatic heterocycles. The minimum absolute atomic E-state index is 0.314. The van der Waals surface area contributed by atoms with Crippen molar-refractivity contribution in [3.8, 4) is 11.5 Å². The summed E-state index contributed by atoms with van der Waals surface area (Å²) < 4.78 is 16.3. The summed E-state index contributed by atoms with van der Waals surface area (Å²) >= 11 is 0. The normalized spacial score (nSPS) is 22.3. The average molecular weight is 250 g/mol. The minimum atomic E-state index is 0.314. The molecule has 5 nitrogen and oxygen atoms in total. The van der Waals surface area contributed by atoms with Crippen molar-refractivity contribution in [2.45, 2.75) is 12.5 Å². The summed E-state index contributed by atoms with van der Waals surface area (Å²) in [5.74, 6) is 1.65. The predicted octanol–water partition coefficient (Wildman–Crippen LogP) is 0.969. The molecule has 1 unspecified atom stereocenters. The lowest BCUT2D eigenvalue weighted by molar-refractivity contribution is 0.0922. The maximum atomic E-state index is 5.66. The number of ether oxygens (including phenoxy) is 3. The van der Waals surface area contributed by atoms with Crippen LogP contribution < -0.4 is 20.1 Å². The third kappa shape index (κ3) is 2.11. The van der Waals surface area contributed by atoms with Crippen molar-refractivity contribution in [2.75, 3.05) is 38.0 Å². The van der Waals surface area contributed by atoms with Crippen molar-refractivity contribution in [1.82, 2.24) is 0 Å². The average Bonchev–Trinajstić information content (AvgIpc) is 2.87. The molecule has 1 aromatic carbocycles. The van der Waals surface area contributed by atoms with Gasteiger partial charge >= 0.3 is 0 Å². The maximum Gasteiger partial charge on any atom is 0.231 e. The van der Waals surface area contributed by atoms with E-state index in [1.807, 2.05) is 12.1 Å². The van der Waals surface area contributed by atoms with Gasteiger partial charge in [0.15, 0.2) is 11.5 Å². The maximum absolute atomic E-state index is 5.66. The highest BCUT2D eigenvalue weighted by molar-refractivity contribution is 5.57. The van der Waals surface area contributed by atoms with E-state index < -0.39 is 0 Å². The second-order valence-electron chi connectivity index (χ2n) is 4.54. The van der Waals surface area contributed by atoms with Crippen molar-refractivity contribution in [1.29, 1.82) is 0 Å². The highest BCUT2D eigenvalue weighted by Gasteiger charge is 2.24. The number of hydrogen-bond donors (Lipinski definition) is 1. The number of benzene rings is 1. The molecule has 0 bridgehead atoms. The van der Waals surface area contributed by atoms with Gasteiger partial charge in [-0.15, -0.1) is 0 Å². The van der Waals surface area contributed by atoms with Crippen LogP contribution in [0.4, 0.5) is 5.69 Å². The highest BCUT2D eigenvalue weighted by atomic mass is 16.7. The van der Waals surface area contributed by atoms with Crippen LogP contribution in [0.2, 0.25) is 0 Å². The monoisotopic (exact) mass is 250 g/mol. The number of nitrogens with zero attached hydrogens (tertiary/aromatic N) is 1. The van der Waals surface area contributed by atoms with Crippen LogP contribution >= 0.6 is 0 Å². The van der Waals surface area contributed by atoms with Gasteiger partial charge in [-0.2, -0.15) is 0 Å². The Labute approximate surface area is 106 Å².